The Morgan fingerprint density at radius 3 is 2.82 bits per heavy atom. The van der Waals surface area contributed by atoms with E-state index in [0.29, 0.717) is 0 Å². The normalized spacial score (nSPS) is 18.9. The molecule has 0 bridgehead atoms. The molecule has 2 aromatic rings. The van der Waals surface area contributed by atoms with E-state index >= 15 is 0 Å². The van der Waals surface area contributed by atoms with Crippen LogP contribution < -0.4 is 10.6 Å². The van der Waals surface area contributed by atoms with Crippen molar-refractivity contribution in [3.05, 3.63) is 18.9 Å². The van der Waals surface area contributed by atoms with Gasteiger partial charge in [0.2, 0.25) is 0 Å². The van der Waals surface area contributed by atoms with Crippen molar-refractivity contribution in [3.8, 4) is 0 Å². The summed E-state index contributed by atoms with van der Waals surface area (Å²) in [6.45, 7) is 1.84. The molecule has 1 saturated heterocycles. The summed E-state index contributed by atoms with van der Waals surface area (Å²) in [5.41, 5.74) is 7.74. The molecule has 0 aliphatic carbocycles. The zero-order valence-electron chi connectivity index (χ0n) is 9.06. The van der Waals surface area contributed by atoms with Crippen LogP contribution >= 0.6 is 24.8 Å². The number of rotatable bonds is 1. The van der Waals surface area contributed by atoms with Crippen LogP contribution in [-0.2, 0) is 0 Å². The number of hydrogen-bond donors (Lipinski definition) is 1. The second-order valence-electron chi connectivity index (χ2n) is 3.84. The van der Waals surface area contributed by atoms with E-state index in [4.69, 9.17) is 5.73 Å². The van der Waals surface area contributed by atoms with Gasteiger partial charge in [-0.15, -0.1) is 35.0 Å². The van der Waals surface area contributed by atoms with Crippen molar-refractivity contribution in [1.82, 2.24) is 19.6 Å². The molecular weight excluding hydrogens is 263 g/mol. The van der Waals surface area contributed by atoms with Crippen LogP contribution in [0.2, 0.25) is 0 Å². The minimum absolute atomic E-state index is 0. The first-order valence-electron chi connectivity index (χ1n) is 4.98. The molecule has 0 amide bonds. The lowest BCUT2D eigenvalue weighted by Gasteiger charge is -2.17. The first-order valence-corrected chi connectivity index (χ1v) is 4.98. The Kier molecular flexibility index (Phi) is 4.50. The fourth-order valence-electron chi connectivity index (χ4n) is 1.97. The predicted molar refractivity (Wildman–Crippen MR) is 70.1 cm³/mol. The highest BCUT2D eigenvalue weighted by Gasteiger charge is 2.21. The van der Waals surface area contributed by atoms with Crippen molar-refractivity contribution in [1.29, 1.82) is 0 Å². The fraction of sp³-hybridized carbons (Fsp3) is 0.444. The molecule has 3 rings (SSSR count). The largest absolute Gasteiger partial charge is 0.366 e. The minimum Gasteiger partial charge on any atom is -0.366 e. The third kappa shape index (κ3) is 2.43. The Bertz CT molecular complexity index is 487. The summed E-state index contributed by atoms with van der Waals surface area (Å²) in [6.07, 6.45) is 6.20. The Morgan fingerprint density at radius 1 is 1.29 bits per heavy atom. The third-order valence-electron chi connectivity index (χ3n) is 2.76. The van der Waals surface area contributed by atoms with Gasteiger partial charge in [0.1, 0.15) is 18.3 Å². The van der Waals surface area contributed by atoms with E-state index in [9.17, 15) is 0 Å². The van der Waals surface area contributed by atoms with Crippen molar-refractivity contribution in [2.24, 2.45) is 5.73 Å². The Hall–Kier alpha value is -1.11. The van der Waals surface area contributed by atoms with E-state index in [1.54, 1.807) is 12.7 Å². The van der Waals surface area contributed by atoms with Gasteiger partial charge in [-0.1, -0.05) is 0 Å². The number of aromatic nitrogens is 4. The van der Waals surface area contributed by atoms with E-state index in [0.717, 1.165) is 30.8 Å². The van der Waals surface area contributed by atoms with Gasteiger partial charge in [-0.05, 0) is 6.42 Å². The number of anilines is 1. The highest BCUT2D eigenvalue weighted by molar-refractivity contribution is 5.85. The van der Waals surface area contributed by atoms with E-state index in [2.05, 4.69) is 20.1 Å². The van der Waals surface area contributed by atoms with E-state index < -0.39 is 0 Å². The third-order valence-corrected chi connectivity index (χ3v) is 2.76. The number of fused-ring (bicyclic) bond motifs is 1. The Balaban J connectivity index is 0.000000722. The maximum Gasteiger partial charge on any atom is 0.187 e. The molecule has 6 nitrogen and oxygen atoms in total. The van der Waals surface area contributed by atoms with Gasteiger partial charge in [0.05, 0.1) is 6.20 Å². The fourth-order valence-corrected chi connectivity index (χ4v) is 1.97. The second-order valence-corrected chi connectivity index (χ2v) is 3.84. The van der Waals surface area contributed by atoms with E-state index in [1.165, 1.54) is 0 Å². The monoisotopic (exact) mass is 276 g/mol. The van der Waals surface area contributed by atoms with Crippen molar-refractivity contribution in [3.63, 3.8) is 0 Å². The highest BCUT2D eigenvalue weighted by atomic mass is 35.5. The second kappa shape index (κ2) is 5.48. The zero-order chi connectivity index (χ0) is 10.3. The van der Waals surface area contributed by atoms with Crippen LogP contribution in [0.4, 0.5) is 5.69 Å². The van der Waals surface area contributed by atoms with Gasteiger partial charge in [-0.2, -0.15) is 0 Å². The molecule has 94 valence electrons. The molecular formula is C9H14Cl2N6. The average Bonchev–Trinajstić information content (AvgIpc) is 2.84. The van der Waals surface area contributed by atoms with Crippen LogP contribution in [0.1, 0.15) is 6.42 Å². The molecule has 1 aliphatic heterocycles. The molecule has 2 N–H and O–H groups in total. The van der Waals surface area contributed by atoms with Gasteiger partial charge in [0.15, 0.2) is 5.65 Å². The number of hydrogen-bond acceptors (Lipinski definition) is 5. The summed E-state index contributed by atoms with van der Waals surface area (Å²) in [6, 6.07) is 0.258. The van der Waals surface area contributed by atoms with E-state index in [-0.39, 0.29) is 30.9 Å². The van der Waals surface area contributed by atoms with Crippen molar-refractivity contribution in [2.75, 3.05) is 18.0 Å². The summed E-state index contributed by atoms with van der Waals surface area (Å²) in [7, 11) is 0. The number of halogens is 2. The van der Waals surface area contributed by atoms with Gasteiger partial charge in [-0.25, -0.2) is 4.98 Å². The van der Waals surface area contributed by atoms with Crippen LogP contribution in [0.3, 0.4) is 0 Å². The van der Waals surface area contributed by atoms with Crippen LogP contribution in [0.5, 0.6) is 0 Å². The lowest BCUT2D eigenvalue weighted by molar-refractivity contribution is 0.752. The first-order chi connectivity index (χ1) is 7.34. The maximum atomic E-state index is 5.88. The molecule has 0 aromatic carbocycles. The van der Waals surface area contributed by atoms with Gasteiger partial charge in [0.25, 0.3) is 0 Å². The van der Waals surface area contributed by atoms with Crippen LogP contribution in [0, 0.1) is 0 Å². The van der Waals surface area contributed by atoms with Crippen LogP contribution in [-0.4, -0.2) is 38.7 Å². The summed E-state index contributed by atoms with van der Waals surface area (Å²) in [5.74, 6) is 0. The van der Waals surface area contributed by atoms with Crippen molar-refractivity contribution >= 4 is 36.1 Å². The summed E-state index contributed by atoms with van der Waals surface area (Å²) in [5, 5.41) is 7.95. The molecule has 0 spiro atoms. The van der Waals surface area contributed by atoms with Crippen molar-refractivity contribution in [2.45, 2.75) is 12.5 Å². The molecule has 3 heterocycles. The lowest BCUT2D eigenvalue weighted by Crippen LogP contribution is -2.26. The molecule has 0 saturated carbocycles. The van der Waals surface area contributed by atoms with Gasteiger partial charge in [0, 0.05) is 19.1 Å². The molecule has 8 heteroatoms. The standard InChI is InChI=1S/C9H12N6.2ClH/c10-7-1-2-14(4-7)8-3-11-5-15-6-12-13-9(8)15;;/h3,5-7H,1-2,4,10H2;2*1H. The molecule has 2 aromatic heterocycles. The summed E-state index contributed by atoms with van der Waals surface area (Å²) >= 11 is 0. The quantitative estimate of drug-likeness (QED) is 0.822. The molecule has 1 unspecified atom stereocenters. The Morgan fingerprint density at radius 2 is 2.12 bits per heavy atom. The topological polar surface area (TPSA) is 72.3 Å². The highest BCUT2D eigenvalue weighted by Crippen LogP contribution is 2.22. The smallest absolute Gasteiger partial charge is 0.187 e. The van der Waals surface area contributed by atoms with Crippen LogP contribution in [0.15, 0.2) is 18.9 Å². The SMILES string of the molecule is Cl.Cl.NC1CCN(c2cncn3cnnc23)C1. The molecule has 17 heavy (non-hydrogen) atoms. The molecule has 1 atom stereocenters. The molecule has 1 fully saturated rings. The van der Waals surface area contributed by atoms with Gasteiger partial charge < -0.3 is 10.6 Å². The molecule has 1 aliphatic rings. The van der Waals surface area contributed by atoms with Gasteiger partial charge >= 0.3 is 0 Å². The lowest BCUT2D eigenvalue weighted by atomic mass is 10.3. The Labute approximate surface area is 111 Å². The average molecular weight is 277 g/mol. The number of nitrogens with zero attached hydrogens (tertiary/aromatic N) is 5. The maximum absolute atomic E-state index is 5.88. The molecule has 0 radical (unpaired) electrons. The van der Waals surface area contributed by atoms with Crippen LogP contribution in [0.25, 0.3) is 5.65 Å². The number of nitrogens with two attached hydrogens (primary N) is 1. The predicted octanol–water partition coefficient (Wildman–Crippen LogP) is 0.505. The summed E-state index contributed by atoms with van der Waals surface area (Å²) in [4.78, 5) is 6.37. The summed E-state index contributed by atoms with van der Waals surface area (Å²) < 4.78 is 1.82. The van der Waals surface area contributed by atoms with E-state index in [1.807, 2.05) is 10.6 Å². The van der Waals surface area contributed by atoms with Crippen molar-refractivity contribution < 1.29 is 0 Å². The first kappa shape index (κ1) is 14.0. The zero-order valence-corrected chi connectivity index (χ0v) is 10.7. The minimum atomic E-state index is 0. The van der Waals surface area contributed by atoms with Gasteiger partial charge in [-0.3, -0.25) is 4.40 Å².